The zero-order valence-corrected chi connectivity index (χ0v) is 11.1. The van der Waals surface area contributed by atoms with Crippen molar-refractivity contribution in [2.75, 3.05) is 25.5 Å². The number of para-hydroxylation sites is 1. The van der Waals surface area contributed by atoms with Crippen LogP contribution in [0, 0.1) is 5.82 Å². The van der Waals surface area contributed by atoms with E-state index in [0.29, 0.717) is 6.42 Å². The molecule has 0 saturated heterocycles. The van der Waals surface area contributed by atoms with Gasteiger partial charge in [0.25, 0.3) is 0 Å². The Morgan fingerprint density at radius 1 is 1.33 bits per heavy atom. The van der Waals surface area contributed by atoms with Crippen LogP contribution in [0.4, 0.5) is 10.1 Å². The molecule has 0 saturated carbocycles. The number of carbonyl (C=O) groups excluding carboxylic acids is 1. The summed E-state index contributed by atoms with van der Waals surface area (Å²) < 4.78 is 13.3. The van der Waals surface area contributed by atoms with E-state index in [2.05, 4.69) is 19.3 Å². The third-order valence-electron chi connectivity index (χ3n) is 2.88. The molecule has 0 spiro atoms. The Labute approximate surface area is 108 Å². The van der Waals surface area contributed by atoms with E-state index in [-0.39, 0.29) is 11.6 Å². The Balaban J connectivity index is 2.32. The van der Waals surface area contributed by atoms with Gasteiger partial charge in [0.2, 0.25) is 5.91 Å². The first kappa shape index (κ1) is 14.6. The molecule has 18 heavy (non-hydrogen) atoms. The summed E-state index contributed by atoms with van der Waals surface area (Å²) in [6, 6.07) is 6.22. The third kappa shape index (κ3) is 5.27. The van der Waals surface area contributed by atoms with Crippen molar-refractivity contribution in [2.45, 2.75) is 26.2 Å². The molecule has 2 N–H and O–H groups in total. The number of amides is 1. The summed E-state index contributed by atoms with van der Waals surface area (Å²) in [6.45, 7) is 4.00. The Morgan fingerprint density at radius 2 is 2.06 bits per heavy atom. The molecule has 0 bridgehead atoms. The van der Waals surface area contributed by atoms with Gasteiger partial charge in [-0.1, -0.05) is 25.5 Å². The number of halogens is 1. The molecule has 1 aromatic rings. The molecule has 0 aliphatic carbocycles. The second-order valence-electron chi connectivity index (χ2n) is 4.59. The van der Waals surface area contributed by atoms with Crippen molar-refractivity contribution >= 4 is 11.6 Å². The summed E-state index contributed by atoms with van der Waals surface area (Å²) in [5, 5.41) is 2.59. The van der Waals surface area contributed by atoms with Gasteiger partial charge >= 0.3 is 0 Å². The van der Waals surface area contributed by atoms with Crippen LogP contribution in [-0.4, -0.2) is 26.0 Å². The standard InChI is InChI=1S/C14H21FN2O/c1-3-4-10-17(2)11-9-14(18)16-13-8-6-5-7-12(13)15/h5-8H,3-4,9-11H2,1-2H3,(H,16,18)/p+1. The number of nitrogens with one attached hydrogen (secondary N) is 2. The second-order valence-corrected chi connectivity index (χ2v) is 4.59. The fourth-order valence-electron chi connectivity index (χ4n) is 1.71. The largest absolute Gasteiger partial charge is 0.337 e. The van der Waals surface area contributed by atoms with Crippen molar-refractivity contribution in [3.05, 3.63) is 30.1 Å². The molecule has 1 aromatic carbocycles. The van der Waals surface area contributed by atoms with Crippen LogP contribution >= 0.6 is 0 Å². The highest BCUT2D eigenvalue weighted by Crippen LogP contribution is 2.12. The highest BCUT2D eigenvalue weighted by molar-refractivity contribution is 5.90. The van der Waals surface area contributed by atoms with Crippen LogP contribution in [-0.2, 0) is 4.79 Å². The van der Waals surface area contributed by atoms with Gasteiger partial charge in [0.05, 0.1) is 32.2 Å². The van der Waals surface area contributed by atoms with E-state index in [1.54, 1.807) is 18.2 Å². The maximum atomic E-state index is 13.3. The lowest BCUT2D eigenvalue weighted by Crippen LogP contribution is -3.09. The smallest absolute Gasteiger partial charge is 0.230 e. The maximum Gasteiger partial charge on any atom is 0.230 e. The zero-order chi connectivity index (χ0) is 13.4. The van der Waals surface area contributed by atoms with Gasteiger partial charge in [0, 0.05) is 0 Å². The van der Waals surface area contributed by atoms with Crippen molar-refractivity contribution in [3.8, 4) is 0 Å². The molecule has 100 valence electrons. The van der Waals surface area contributed by atoms with E-state index in [1.807, 2.05) is 0 Å². The summed E-state index contributed by atoms with van der Waals surface area (Å²) >= 11 is 0. The average Bonchev–Trinajstić information content (AvgIpc) is 2.36. The van der Waals surface area contributed by atoms with Gasteiger partial charge in [-0.2, -0.15) is 0 Å². The van der Waals surface area contributed by atoms with Gasteiger partial charge in [0.15, 0.2) is 0 Å². The fourth-order valence-corrected chi connectivity index (χ4v) is 1.71. The number of quaternary nitrogens is 1. The number of carbonyl (C=O) groups is 1. The fraction of sp³-hybridized carbons (Fsp3) is 0.500. The molecule has 4 heteroatoms. The molecule has 0 aliphatic heterocycles. The van der Waals surface area contributed by atoms with Gasteiger partial charge in [0.1, 0.15) is 5.82 Å². The van der Waals surface area contributed by atoms with Gasteiger partial charge < -0.3 is 10.2 Å². The first-order valence-corrected chi connectivity index (χ1v) is 6.49. The molecule has 1 unspecified atom stereocenters. The first-order chi connectivity index (χ1) is 8.63. The minimum Gasteiger partial charge on any atom is -0.337 e. The third-order valence-corrected chi connectivity index (χ3v) is 2.88. The van der Waals surface area contributed by atoms with Crippen LogP contribution in [0.2, 0.25) is 0 Å². The van der Waals surface area contributed by atoms with Crippen molar-refractivity contribution < 1.29 is 14.1 Å². The predicted octanol–water partition coefficient (Wildman–Crippen LogP) is 1.47. The first-order valence-electron chi connectivity index (χ1n) is 6.49. The van der Waals surface area contributed by atoms with E-state index < -0.39 is 5.82 Å². The number of anilines is 1. The van der Waals surface area contributed by atoms with E-state index in [9.17, 15) is 9.18 Å². The second kappa shape index (κ2) is 7.82. The van der Waals surface area contributed by atoms with Crippen LogP contribution < -0.4 is 10.2 Å². The van der Waals surface area contributed by atoms with E-state index in [0.717, 1.165) is 13.1 Å². The van der Waals surface area contributed by atoms with Crippen LogP contribution in [0.5, 0.6) is 0 Å². The topological polar surface area (TPSA) is 33.5 Å². The molecule has 0 aliphatic rings. The number of benzene rings is 1. The van der Waals surface area contributed by atoms with Crippen LogP contribution in [0.25, 0.3) is 0 Å². The summed E-state index contributed by atoms with van der Waals surface area (Å²) in [6.07, 6.45) is 2.75. The molecule has 1 atom stereocenters. The number of hydrogen-bond donors (Lipinski definition) is 2. The summed E-state index contributed by atoms with van der Waals surface area (Å²) in [5.41, 5.74) is 0.258. The number of unbranched alkanes of at least 4 members (excludes halogenated alkanes) is 1. The lowest BCUT2D eigenvalue weighted by molar-refractivity contribution is -0.879. The van der Waals surface area contributed by atoms with Gasteiger partial charge in [-0.3, -0.25) is 4.79 Å². The van der Waals surface area contributed by atoms with Crippen LogP contribution in [0.15, 0.2) is 24.3 Å². The average molecular weight is 253 g/mol. The SMILES string of the molecule is CCCC[NH+](C)CCC(=O)Nc1ccccc1F. The van der Waals surface area contributed by atoms with Crippen molar-refractivity contribution in [2.24, 2.45) is 0 Å². The minimum absolute atomic E-state index is 0.129. The molecule has 1 amide bonds. The van der Waals surface area contributed by atoms with Crippen molar-refractivity contribution in [1.82, 2.24) is 0 Å². The number of rotatable bonds is 7. The molecule has 3 nitrogen and oxygen atoms in total. The van der Waals surface area contributed by atoms with E-state index in [1.165, 1.54) is 23.8 Å². The Kier molecular flexibility index (Phi) is 6.36. The summed E-state index contributed by atoms with van der Waals surface area (Å²) in [5.74, 6) is -0.520. The van der Waals surface area contributed by atoms with E-state index in [4.69, 9.17) is 0 Å². The van der Waals surface area contributed by atoms with Crippen LogP contribution in [0.1, 0.15) is 26.2 Å². The lowest BCUT2D eigenvalue weighted by atomic mass is 10.2. The molecule has 1 rings (SSSR count). The van der Waals surface area contributed by atoms with Gasteiger partial charge in [-0.15, -0.1) is 0 Å². The quantitative estimate of drug-likeness (QED) is 0.758. The molecule has 0 heterocycles. The Morgan fingerprint density at radius 3 is 2.72 bits per heavy atom. The van der Waals surface area contributed by atoms with E-state index >= 15 is 0 Å². The Hall–Kier alpha value is -1.42. The van der Waals surface area contributed by atoms with Crippen molar-refractivity contribution in [3.63, 3.8) is 0 Å². The molecular formula is C14H22FN2O+. The highest BCUT2D eigenvalue weighted by atomic mass is 19.1. The lowest BCUT2D eigenvalue weighted by Gasteiger charge is -2.13. The van der Waals surface area contributed by atoms with Gasteiger partial charge in [-0.05, 0) is 18.6 Å². The minimum atomic E-state index is -0.391. The van der Waals surface area contributed by atoms with Gasteiger partial charge in [-0.25, -0.2) is 4.39 Å². The van der Waals surface area contributed by atoms with Crippen LogP contribution in [0.3, 0.4) is 0 Å². The monoisotopic (exact) mass is 253 g/mol. The molecule has 0 fully saturated rings. The summed E-state index contributed by atoms with van der Waals surface area (Å²) in [4.78, 5) is 13.0. The van der Waals surface area contributed by atoms with Crippen molar-refractivity contribution in [1.29, 1.82) is 0 Å². The normalized spacial score (nSPS) is 12.2. The zero-order valence-electron chi connectivity index (χ0n) is 11.1. The highest BCUT2D eigenvalue weighted by Gasteiger charge is 2.09. The Bertz CT molecular complexity index is 382. The summed E-state index contributed by atoms with van der Waals surface area (Å²) in [7, 11) is 2.08. The molecule has 0 radical (unpaired) electrons. The molecular weight excluding hydrogens is 231 g/mol. The maximum absolute atomic E-state index is 13.3. The predicted molar refractivity (Wildman–Crippen MR) is 71.2 cm³/mol. The molecule has 0 aromatic heterocycles. The number of hydrogen-bond acceptors (Lipinski definition) is 1.